The lowest BCUT2D eigenvalue weighted by Crippen LogP contribution is -2.36. The zero-order valence-corrected chi connectivity index (χ0v) is 18.7. The van der Waals surface area contributed by atoms with E-state index in [9.17, 15) is 13.2 Å². The molecule has 0 unspecified atom stereocenters. The number of rotatable bonds is 11. The second kappa shape index (κ2) is 10.8. The smallest absolute Gasteiger partial charge is 0.257 e. The van der Waals surface area contributed by atoms with E-state index in [2.05, 4.69) is 10.3 Å². The first-order chi connectivity index (χ1) is 13.8. The van der Waals surface area contributed by atoms with Crippen molar-refractivity contribution in [1.29, 1.82) is 0 Å². The van der Waals surface area contributed by atoms with Crippen LogP contribution in [0.15, 0.2) is 34.5 Å². The van der Waals surface area contributed by atoms with Gasteiger partial charge in [0, 0.05) is 38.3 Å². The fourth-order valence-corrected chi connectivity index (χ4v) is 4.72. The van der Waals surface area contributed by atoms with Gasteiger partial charge in [0.2, 0.25) is 10.0 Å². The van der Waals surface area contributed by atoms with Crippen molar-refractivity contribution >= 4 is 32.4 Å². The van der Waals surface area contributed by atoms with E-state index < -0.39 is 10.0 Å². The summed E-state index contributed by atoms with van der Waals surface area (Å²) in [5, 5.41) is 5.17. The van der Waals surface area contributed by atoms with Crippen LogP contribution < -0.4 is 5.32 Å². The predicted molar refractivity (Wildman–Crippen MR) is 113 cm³/mol. The molecule has 10 heteroatoms. The Bertz CT molecular complexity index is 887. The van der Waals surface area contributed by atoms with E-state index >= 15 is 0 Å². The van der Waals surface area contributed by atoms with E-state index in [-0.39, 0.29) is 43.0 Å². The molecule has 0 fully saturated rings. The highest BCUT2D eigenvalue weighted by Crippen LogP contribution is 2.22. The molecule has 1 amide bonds. The molecular formula is C19H27N3O5S2. The Balaban J connectivity index is 2.12. The maximum absolute atomic E-state index is 12.9. The fourth-order valence-electron chi connectivity index (χ4n) is 2.44. The molecule has 0 aliphatic rings. The van der Waals surface area contributed by atoms with Gasteiger partial charge in [0.25, 0.3) is 5.91 Å². The molecule has 2 aromatic rings. The normalized spacial score (nSPS) is 11.9. The van der Waals surface area contributed by atoms with Gasteiger partial charge in [-0.3, -0.25) is 10.1 Å². The maximum Gasteiger partial charge on any atom is 0.257 e. The average molecular weight is 442 g/mol. The summed E-state index contributed by atoms with van der Waals surface area (Å²) >= 11 is 1.36. The molecule has 0 radical (unpaired) electrons. The Labute approximate surface area is 175 Å². The Hall–Kier alpha value is -1.85. The molecule has 0 saturated heterocycles. The zero-order chi connectivity index (χ0) is 21.4. The fraction of sp³-hybridized carbons (Fsp3) is 0.474. The van der Waals surface area contributed by atoms with Gasteiger partial charge in [0.05, 0.1) is 23.8 Å². The van der Waals surface area contributed by atoms with Gasteiger partial charge < -0.3 is 9.47 Å². The van der Waals surface area contributed by atoms with Crippen molar-refractivity contribution in [3.63, 3.8) is 0 Å². The van der Waals surface area contributed by atoms with Crippen molar-refractivity contribution in [3.05, 3.63) is 40.9 Å². The number of amides is 1. The number of carbonyl (C=O) groups excluding carboxylic acids is 1. The lowest BCUT2D eigenvalue weighted by molar-refractivity contribution is 0.102. The zero-order valence-electron chi connectivity index (χ0n) is 17.0. The van der Waals surface area contributed by atoms with Gasteiger partial charge in [0.15, 0.2) is 5.13 Å². The topological polar surface area (TPSA) is 97.8 Å². The number of nitrogens with one attached hydrogen (secondary N) is 1. The number of nitrogens with zero attached hydrogens (tertiary/aromatic N) is 2. The first kappa shape index (κ1) is 23.4. The van der Waals surface area contributed by atoms with Crippen molar-refractivity contribution in [2.75, 3.05) is 45.8 Å². The van der Waals surface area contributed by atoms with E-state index in [1.165, 1.54) is 54.1 Å². The Morgan fingerprint density at radius 1 is 1.14 bits per heavy atom. The summed E-state index contributed by atoms with van der Waals surface area (Å²) in [4.78, 5) is 16.9. The van der Waals surface area contributed by atoms with Gasteiger partial charge in [-0.15, -0.1) is 11.3 Å². The quantitative estimate of drug-likeness (QED) is 0.576. The van der Waals surface area contributed by atoms with Crippen LogP contribution in [0, 0.1) is 0 Å². The number of aromatic nitrogens is 1. The molecule has 0 bridgehead atoms. The summed E-state index contributed by atoms with van der Waals surface area (Å²) < 4.78 is 37.1. The Morgan fingerprint density at radius 3 is 2.21 bits per heavy atom. The molecule has 1 heterocycles. The van der Waals surface area contributed by atoms with Crippen LogP contribution in [-0.4, -0.2) is 64.1 Å². The first-order valence-electron chi connectivity index (χ1n) is 9.14. The van der Waals surface area contributed by atoms with Gasteiger partial charge >= 0.3 is 0 Å². The summed E-state index contributed by atoms with van der Waals surface area (Å²) in [5.74, 6) is -0.0604. The van der Waals surface area contributed by atoms with E-state index in [0.717, 1.165) is 5.69 Å². The van der Waals surface area contributed by atoms with Crippen molar-refractivity contribution in [2.24, 2.45) is 0 Å². The summed E-state index contributed by atoms with van der Waals surface area (Å²) in [5.41, 5.74) is 1.27. The average Bonchev–Trinajstić information content (AvgIpc) is 3.17. The molecule has 29 heavy (non-hydrogen) atoms. The summed E-state index contributed by atoms with van der Waals surface area (Å²) in [6, 6.07) is 5.84. The van der Waals surface area contributed by atoms with Crippen LogP contribution in [0.4, 0.5) is 5.13 Å². The summed E-state index contributed by atoms with van der Waals surface area (Å²) in [6.45, 7) is 5.04. The largest absolute Gasteiger partial charge is 0.383 e. The van der Waals surface area contributed by atoms with Gasteiger partial charge in [-0.25, -0.2) is 13.4 Å². The van der Waals surface area contributed by atoms with Crippen molar-refractivity contribution < 1.29 is 22.7 Å². The van der Waals surface area contributed by atoms with E-state index in [1.807, 2.05) is 19.2 Å². The summed E-state index contributed by atoms with van der Waals surface area (Å²) in [7, 11) is -0.692. The van der Waals surface area contributed by atoms with Crippen molar-refractivity contribution in [1.82, 2.24) is 9.29 Å². The molecule has 0 atom stereocenters. The molecule has 0 aliphatic heterocycles. The monoisotopic (exact) mass is 441 g/mol. The molecule has 0 spiro atoms. The molecule has 1 N–H and O–H groups in total. The van der Waals surface area contributed by atoms with Crippen LogP contribution >= 0.6 is 11.3 Å². The number of ether oxygens (including phenoxy) is 2. The third-order valence-electron chi connectivity index (χ3n) is 4.18. The Kier molecular flexibility index (Phi) is 8.72. The van der Waals surface area contributed by atoms with Gasteiger partial charge in [-0.2, -0.15) is 4.31 Å². The highest BCUT2D eigenvalue weighted by molar-refractivity contribution is 7.89. The van der Waals surface area contributed by atoms with E-state index in [1.54, 1.807) is 0 Å². The third-order valence-corrected chi connectivity index (χ3v) is 6.87. The number of hydrogen-bond acceptors (Lipinski definition) is 7. The van der Waals surface area contributed by atoms with E-state index in [4.69, 9.17) is 9.47 Å². The highest BCUT2D eigenvalue weighted by Gasteiger charge is 2.24. The predicted octanol–water partition coefficient (Wildman–Crippen LogP) is 2.80. The minimum absolute atomic E-state index is 0.109. The van der Waals surface area contributed by atoms with Crippen molar-refractivity contribution in [2.45, 2.75) is 24.7 Å². The molecule has 2 rings (SSSR count). The minimum Gasteiger partial charge on any atom is -0.383 e. The van der Waals surface area contributed by atoms with Crippen LogP contribution in [0.1, 0.15) is 35.8 Å². The standard InChI is InChI=1S/C19H27N3O5S2/c1-14(2)17-13-28-19(20-17)21-18(23)15-5-7-16(8-6-15)29(24,25)22(9-11-26-3)10-12-27-4/h5-8,13-14H,9-12H2,1-4H3,(H,20,21,23). The molecular weight excluding hydrogens is 414 g/mol. The maximum atomic E-state index is 12.9. The molecule has 1 aromatic carbocycles. The lowest BCUT2D eigenvalue weighted by Gasteiger charge is -2.21. The van der Waals surface area contributed by atoms with Gasteiger partial charge in [-0.1, -0.05) is 13.8 Å². The van der Waals surface area contributed by atoms with Crippen LogP contribution in [0.5, 0.6) is 0 Å². The van der Waals surface area contributed by atoms with Crippen LogP contribution in [0.3, 0.4) is 0 Å². The number of methoxy groups -OCH3 is 2. The van der Waals surface area contributed by atoms with Crippen LogP contribution in [0.2, 0.25) is 0 Å². The van der Waals surface area contributed by atoms with Crippen LogP contribution in [-0.2, 0) is 19.5 Å². The number of thiazole rings is 1. The second-order valence-electron chi connectivity index (χ2n) is 6.60. The van der Waals surface area contributed by atoms with Crippen molar-refractivity contribution in [3.8, 4) is 0 Å². The number of sulfonamides is 1. The number of carbonyl (C=O) groups is 1. The Morgan fingerprint density at radius 2 is 1.72 bits per heavy atom. The number of benzene rings is 1. The molecule has 160 valence electrons. The highest BCUT2D eigenvalue weighted by atomic mass is 32.2. The number of hydrogen-bond donors (Lipinski definition) is 1. The molecule has 0 saturated carbocycles. The lowest BCUT2D eigenvalue weighted by atomic mass is 10.2. The molecule has 0 aliphatic carbocycles. The van der Waals surface area contributed by atoms with Gasteiger partial charge in [-0.05, 0) is 30.2 Å². The van der Waals surface area contributed by atoms with E-state index in [0.29, 0.717) is 10.7 Å². The third kappa shape index (κ3) is 6.31. The number of anilines is 1. The van der Waals surface area contributed by atoms with Gasteiger partial charge in [0.1, 0.15) is 0 Å². The molecule has 8 nitrogen and oxygen atoms in total. The second-order valence-corrected chi connectivity index (χ2v) is 9.40. The summed E-state index contributed by atoms with van der Waals surface area (Å²) in [6.07, 6.45) is 0. The van der Waals surface area contributed by atoms with Crippen LogP contribution in [0.25, 0.3) is 0 Å². The SMILES string of the molecule is COCCN(CCOC)S(=O)(=O)c1ccc(C(=O)Nc2nc(C(C)C)cs2)cc1. The molecule has 1 aromatic heterocycles. The first-order valence-corrected chi connectivity index (χ1v) is 11.5. The minimum atomic E-state index is -3.72.